The molecule has 2 aromatic heterocycles. The van der Waals surface area contributed by atoms with Gasteiger partial charge in [0, 0.05) is 19.3 Å². The number of anilines is 2. The molecule has 0 radical (unpaired) electrons. The molecule has 30 heavy (non-hydrogen) atoms. The van der Waals surface area contributed by atoms with Crippen molar-refractivity contribution in [1.29, 1.82) is 0 Å². The number of carbonyl (C=O) groups excluding carboxylic acids is 1. The number of aromatic nitrogens is 3. The molecule has 0 atom stereocenters. The predicted molar refractivity (Wildman–Crippen MR) is 117 cm³/mol. The molecular weight excluding hydrogens is 406 g/mol. The Kier molecular flexibility index (Phi) is 7.40. The van der Waals surface area contributed by atoms with Crippen LogP contribution in [-0.2, 0) is 4.74 Å². The maximum absolute atomic E-state index is 12.7. The highest BCUT2D eigenvalue weighted by molar-refractivity contribution is 6.32. The first kappa shape index (κ1) is 21.3. The number of esters is 1. The molecule has 0 amide bonds. The first-order valence-corrected chi connectivity index (χ1v) is 9.84. The van der Waals surface area contributed by atoms with Gasteiger partial charge in [0.15, 0.2) is 0 Å². The van der Waals surface area contributed by atoms with Crippen LogP contribution in [0.1, 0.15) is 23.2 Å². The number of hydrogen-bond acceptors (Lipinski definition) is 7. The fourth-order valence-electron chi connectivity index (χ4n) is 2.83. The fourth-order valence-corrected chi connectivity index (χ4v) is 3.02. The molecule has 0 aliphatic rings. The number of halogens is 1. The summed E-state index contributed by atoms with van der Waals surface area (Å²) in [4.78, 5) is 28.9. The molecule has 0 bridgehead atoms. The van der Waals surface area contributed by atoms with Crippen molar-refractivity contribution in [3.05, 3.63) is 75.8 Å². The Bertz CT molecular complexity index is 1060. The van der Waals surface area contributed by atoms with Gasteiger partial charge in [-0.1, -0.05) is 29.8 Å². The van der Waals surface area contributed by atoms with Crippen LogP contribution in [0.25, 0.3) is 5.69 Å². The molecule has 9 heteroatoms. The van der Waals surface area contributed by atoms with E-state index in [1.807, 2.05) is 18.2 Å². The molecule has 2 N–H and O–H groups in total. The van der Waals surface area contributed by atoms with Crippen LogP contribution in [0.4, 0.5) is 11.5 Å². The Morgan fingerprint density at radius 2 is 1.83 bits per heavy atom. The van der Waals surface area contributed by atoms with Gasteiger partial charge in [-0.15, -0.1) is 0 Å². The summed E-state index contributed by atoms with van der Waals surface area (Å²) in [6.45, 7) is 1.42. The maximum atomic E-state index is 12.7. The van der Waals surface area contributed by atoms with Gasteiger partial charge in [0.25, 0.3) is 5.56 Å². The second-order valence-corrected chi connectivity index (χ2v) is 6.75. The van der Waals surface area contributed by atoms with Crippen LogP contribution in [0.5, 0.6) is 0 Å². The Labute approximate surface area is 178 Å². The number of benzene rings is 1. The molecule has 0 aliphatic heterocycles. The van der Waals surface area contributed by atoms with E-state index in [9.17, 15) is 9.59 Å². The molecule has 8 nitrogen and oxygen atoms in total. The third-order valence-corrected chi connectivity index (χ3v) is 4.71. The van der Waals surface area contributed by atoms with E-state index in [2.05, 4.69) is 20.7 Å². The minimum Gasteiger partial charge on any atom is -0.465 e. The van der Waals surface area contributed by atoms with Crippen LogP contribution >= 0.6 is 11.6 Å². The second kappa shape index (κ2) is 10.4. The molecule has 1 aromatic carbocycles. The summed E-state index contributed by atoms with van der Waals surface area (Å²) in [5.74, 6) is 0.283. The first-order chi connectivity index (χ1) is 14.6. The number of unbranched alkanes of at least 4 members (excludes halogenated alkanes) is 1. The summed E-state index contributed by atoms with van der Waals surface area (Å²) < 4.78 is 5.86. The number of para-hydroxylation sites is 1. The highest BCUT2D eigenvalue weighted by atomic mass is 35.5. The number of methoxy groups -OCH3 is 1. The summed E-state index contributed by atoms with van der Waals surface area (Å²) in [6, 6.07) is 12.3. The van der Waals surface area contributed by atoms with Gasteiger partial charge in [-0.3, -0.25) is 4.79 Å². The predicted octanol–water partition coefficient (Wildman–Crippen LogP) is 3.37. The number of pyridine rings is 1. The molecule has 2 heterocycles. The lowest BCUT2D eigenvalue weighted by Crippen LogP contribution is -2.25. The minimum atomic E-state index is -0.558. The fraction of sp³-hybridized carbons (Fsp3) is 0.238. The SMILES string of the molecule is COC(=O)c1ccccc1-n1ncc(NCCCCNc2ccccn2)c(Cl)c1=O. The van der Waals surface area contributed by atoms with Crippen molar-refractivity contribution < 1.29 is 9.53 Å². The Hall–Kier alpha value is -3.39. The van der Waals surface area contributed by atoms with E-state index in [1.165, 1.54) is 13.3 Å². The highest BCUT2D eigenvalue weighted by Gasteiger charge is 2.17. The van der Waals surface area contributed by atoms with Crippen molar-refractivity contribution >= 4 is 29.1 Å². The van der Waals surface area contributed by atoms with Gasteiger partial charge < -0.3 is 15.4 Å². The topological polar surface area (TPSA) is 98.1 Å². The van der Waals surface area contributed by atoms with Crippen molar-refractivity contribution in [2.24, 2.45) is 0 Å². The average Bonchev–Trinajstić information content (AvgIpc) is 2.79. The van der Waals surface area contributed by atoms with Gasteiger partial charge in [-0.05, 0) is 37.1 Å². The van der Waals surface area contributed by atoms with Crippen molar-refractivity contribution in [2.45, 2.75) is 12.8 Å². The van der Waals surface area contributed by atoms with E-state index in [-0.39, 0.29) is 10.6 Å². The normalized spacial score (nSPS) is 10.5. The summed E-state index contributed by atoms with van der Waals surface area (Å²) in [5, 5.41) is 10.6. The zero-order chi connectivity index (χ0) is 21.3. The molecule has 0 unspecified atom stereocenters. The van der Waals surface area contributed by atoms with Gasteiger partial charge in [0.2, 0.25) is 0 Å². The number of carbonyl (C=O) groups is 1. The summed E-state index contributed by atoms with van der Waals surface area (Å²) in [6.07, 6.45) is 5.00. The van der Waals surface area contributed by atoms with Gasteiger partial charge in [0.1, 0.15) is 10.8 Å². The summed E-state index contributed by atoms with van der Waals surface area (Å²) >= 11 is 6.26. The lowest BCUT2D eigenvalue weighted by atomic mass is 10.2. The molecule has 0 fully saturated rings. The monoisotopic (exact) mass is 427 g/mol. The van der Waals surface area contributed by atoms with Crippen molar-refractivity contribution in [2.75, 3.05) is 30.8 Å². The first-order valence-electron chi connectivity index (χ1n) is 9.46. The van der Waals surface area contributed by atoms with Crippen molar-refractivity contribution in [1.82, 2.24) is 14.8 Å². The molecule has 0 saturated heterocycles. The van der Waals surface area contributed by atoms with E-state index in [4.69, 9.17) is 16.3 Å². The number of nitrogens with zero attached hydrogens (tertiary/aromatic N) is 3. The van der Waals surface area contributed by atoms with Crippen LogP contribution in [0.3, 0.4) is 0 Å². The van der Waals surface area contributed by atoms with Crippen molar-refractivity contribution in [3.63, 3.8) is 0 Å². The van der Waals surface area contributed by atoms with E-state index >= 15 is 0 Å². The third kappa shape index (κ3) is 5.15. The van der Waals surface area contributed by atoms with Crippen LogP contribution in [0, 0.1) is 0 Å². The molecule has 3 rings (SSSR count). The van der Waals surface area contributed by atoms with Crippen LogP contribution in [0.2, 0.25) is 5.02 Å². The van der Waals surface area contributed by atoms with Crippen LogP contribution in [0.15, 0.2) is 59.7 Å². The number of rotatable bonds is 9. The van der Waals surface area contributed by atoms with Gasteiger partial charge in [-0.2, -0.15) is 9.78 Å². The second-order valence-electron chi connectivity index (χ2n) is 6.37. The largest absolute Gasteiger partial charge is 0.465 e. The zero-order valence-electron chi connectivity index (χ0n) is 16.5. The zero-order valence-corrected chi connectivity index (χ0v) is 17.2. The Balaban J connectivity index is 1.60. The minimum absolute atomic E-state index is 0.0104. The standard InChI is InChI=1S/C21H22ClN5O3/c1-30-21(29)15-8-2-3-9-17(15)27-20(28)19(22)16(14-26-27)23-11-6-7-13-25-18-10-4-5-12-24-18/h2-5,8-10,12,14,23H,6-7,11,13H2,1H3,(H,24,25). The maximum Gasteiger partial charge on any atom is 0.340 e. The van der Waals surface area contributed by atoms with E-state index in [0.717, 1.165) is 29.9 Å². The summed E-state index contributed by atoms with van der Waals surface area (Å²) in [5.41, 5.74) is 0.469. The van der Waals surface area contributed by atoms with E-state index < -0.39 is 11.5 Å². The molecule has 0 saturated carbocycles. The van der Waals surface area contributed by atoms with Gasteiger partial charge in [0.05, 0.1) is 30.2 Å². The highest BCUT2D eigenvalue weighted by Crippen LogP contribution is 2.19. The molecule has 156 valence electrons. The molecule has 3 aromatic rings. The third-order valence-electron chi connectivity index (χ3n) is 4.35. The Morgan fingerprint density at radius 3 is 2.57 bits per heavy atom. The summed E-state index contributed by atoms with van der Waals surface area (Å²) in [7, 11) is 1.28. The number of ether oxygens (including phenoxy) is 1. The lowest BCUT2D eigenvalue weighted by Gasteiger charge is -2.12. The quantitative estimate of drug-likeness (QED) is 0.399. The number of hydrogen-bond donors (Lipinski definition) is 2. The smallest absolute Gasteiger partial charge is 0.340 e. The molecule has 0 spiro atoms. The lowest BCUT2D eigenvalue weighted by molar-refractivity contribution is 0.0600. The molecular formula is C21H22ClN5O3. The van der Waals surface area contributed by atoms with E-state index in [1.54, 1.807) is 30.5 Å². The van der Waals surface area contributed by atoms with E-state index in [0.29, 0.717) is 17.9 Å². The van der Waals surface area contributed by atoms with Crippen LogP contribution < -0.4 is 16.2 Å². The number of nitrogens with one attached hydrogen (secondary N) is 2. The van der Waals surface area contributed by atoms with Gasteiger partial charge >= 0.3 is 5.97 Å². The van der Waals surface area contributed by atoms with Crippen LogP contribution in [-0.4, -0.2) is 40.9 Å². The van der Waals surface area contributed by atoms with Gasteiger partial charge in [-0.25, -0.2) is 9.78 Å². The average molecular weight is 428 g/mol. The Morgan fingerprint density at radius 1 is 1.10 bits per heavy atom. The van der Waals surface area contributed by atoms with Crippen molar-refractivity contribution in [3.8, 4) is 5.69 Å². The molecule has 0 aliphatic carbocycles.